The predicted octanol–water partition coefficient (Wildman–Crippen LogP) is 7.61. The Labute approximate surface area is 239 Å². The van der Waals surface area contributed by atoms with Crippen molar-refractivity contribution < 1.29 is 0 Å². The zero-order chi connectivity index (χ0) is 26.4. The van der Waals surface area contributed by atoms with Crippen LogP contribution in [0.4, 0.5) is 0 Å². The van der Waals surface area contributed by atoms with Crippen molar-refractivity contribution in [3.8, 4) is 44.5 Å². The molecule has 0 fully saturated rings. The quantitative estimate of drug-likeness (QED) is 0.183. The summed E-state index contributed by atoms with van der Waals surface area (Å²) in [5.41, 5.74) is 21.6. The van der Waals surface area contributed by atoms with Gasteiger partial charge in [0.2, 0.25) is 6.71 Å². The van der Waals surface area contributed by atoms with E-state index >= 15 is 0 Å². The van der Waals surface area contributed by atoms with Gasteiger partial charge in [0, 0.05) is 0 Å². The third kappa shape index (κ3) is 2.38. The van der Waals surface area contributed by atoms with E-state index in [2.05, 4.69) is 115 Å². The van der Waals surface area contributed by atoms with Gasteiger partial charge in [-0.1, -0.05) is 132 Å². The summed E-state index contributed by atoms with van der Waals surface area (Å²) in [6, 6.07) is 44.3. The fourth-order valence-corrected chi connectivity index (χ4v) is 8.99. The lowest BCUT2D eigenvalue weighted by atomic mass is 9.30. The Kier molecular flexibility index (Phi) is 3.61. The van der Waals surface area contributed by atoms with Gasteiger partial charge in [-0.3, -0.25) is 0 Å². The lowest BCUT2D eigenvalue weighted by Gasteiger charge is -2.35. The van der Waals surface area contributed by atoms with Crippen LogP contribution in [0, 0.1) is 0 Å². The number of hydrogen-bond donors (Lipinski definition) is 0. The van der Waals surface area contributed by atoms with E-state index in [1.807, 2.05) is 0 Å². The molecule has 0 atom stereocenters. The van der Waals surface area contributed by atoms with Gasteiger partial charge in [-0.25, -0.2) is 0 Å². The number of benzene rings is 7. The molecule has 11 rings (SSSR count). The number of rotatable bonds is 0. The molecule has 4 aliphatic rings. The van der Waals surface area contributed by atoms with Crippen LogP contribution in [-0.4, -0.2) is 6.71 Å². The third-order valence-corrected chi connectivity index (χ3v) is 10.6. The molecular formula is C40H23B. The molecule has 0 unspecified atom stereocenters. The van der Waals surface area contributed by atoms with Crippen molar-refractivity contribution in [2.75, 3.05) is 0 Å². The van der Waals surface area contributed by atoms with Crippen LogP contribution < -0.4 is 16.4 Å². The smallest absolute Gasteiger partial charge is 0.0619 e. The van der Waals surface area contributed by atoms with Gasteiger partial charge in [-0.2, -0.15) is 0 Å². The van der Waals surface area contributed by atoms with E-state index < -0.39 is 0 Å². The highest BCUT2D eigenvalue weighted by Gasteiger charge is 2.40. The van der Waals surface area contributed by atoms with Crippen molar-refractivity contribution in [3.05, 3.63) is 138 Å². The Morgan fingerprint density at radius 2 is 0.829 bits per heavy atom. The Hall–Kier alpha value is -4.88. The first-order valence-electron chi connectivity index (χ1n) is 14.8. The molecule has 0 saturated carbocycles. The van der Waals surface area contributed by atoms with Gasteiger partial charge in [-0.15, -0.1) is 0 Å². The summed E-state index contributed by atoms with van der Waals surface area (Å²) < 4.78 is 0. The third-order valence-electron chi connectivity index (χ3n) is 10.6. The van der Waals surface area contributed by atoms with Crippen molar-refractivity contribution in [3.63, 3.8) is 0 Å². The molecule has 0 aromatic heterocycles. The van der Waals surface area contributed by atoms with Crippen LogP contribution in [0.25, 0.3) is 66.1 Å². The molecule has 0 nitrogen and oxygen atoms in total. The molecule has 0 spiro atoms. The van der Waals surface area contributed by atoms with E-state index in [0.717, 1.165) is 12.8 Å². The minimum absolute atomic E-state index is 0.215. The van der Waals surface area contributed by atoms with Gasteiger partial charge in [0.25, 0.3) is 0 Å². The van der Waals surface area contributed by atoms with Gasteiger partial charge in [0.1, 0.15) is 0 Å². The summed E-state index contributed by atoms with van der Waals surface area (Å²) in [4.78, 5) is 0. The van der Waals surface area contributed by atoms with Crippen molar-refractivity contribution >= 4 is 44.6 Å². The second kappa shape index (κ2) is 7.06. The van der Waals surface area contributed by atoms with Crippen molar-refractivity contribution in [1.82, 2.24) is 0 Å². The zero-order valence-electron chi connectivity index (χ0n) is 22.5. The molecule has 7 aromatic carbocycles. The highest BCUT2D eigenvalue weighted by atomic mass is 14.3. The van der Waals surface area contributed by atoms with E-state index in [1.54, 1.807) is 0 Å². The van der Waals surface area contributed by atoms with Crippen LogP contribution in [0.2, 0.25) is 0 Å². The standard InChI is InChI=1S/C40H23B/c1-3-10-24-22(8-1)18-32-28-14-5-12-26-30-16-7-17-31-27-13-6-15-29-33-19-23-9-2-4-11-25(23)35(33)21-37(39(27)29)41(40(30)31)36(38(26)28)20-34(24)32/h1-17,20-21H,18-19H2. The molecule has 2 aliphatic carbocycles. The van der Waals surface area contributed by atoms with Gasteiger partial charge >= 0.3 is 0 Å². The number of hydrogen-bond acceptors (Lipinski definition) is 0. The Morgan fingerprint density at radius 1 is 0.390 bits per heavy atom. The van der Waals surface area contributed by atoms with Gasteiger partial charge in [0.15, 0.2) is 0 Å². The largest absolute Gasteiger partial charge is 0.244 e. The highest BCUT2D eigenvalue weighted by Crippen LogP contribution is 2.47. The first-order chi connectivity index (χ1) is 20.3. The van der Waals surface area contributed by atoms with Crippen LogP contribution in [-0.2, 0) is 12.8 Å². The summed E-state index contributed by atoms with van der Waals surface area (Å²) >= 11 is 0. The van der Waals surface area contributed by atoms with E-state index in [9.17, 15) is 0 Å². The van der Waals surface area contributed by atoms with Crippen molar-refractivity contribution in [2.45, 2.75) is 12.8 Å². The normalized spacial score (nSPS) is 14.1. The van der Waals surface area contributed by atoms with Crippen LogP contribution in [0.1, 0.15) is 22.3 Å². The molecule has 1 heteroatoms. The maximum Gasteiger partial charge on any atom is 0.244 e. The van der Waals surface area contributed by atoms with Crippen molar-refractivity contribution in [2.24, 2.45) is 0 Å². The SMILES string of the molecule is c1ccc2c(c1)Cc1c-2cc2c3c(cccc13)-c1cccc3c1B2c1cc2c(c4cccc-3c14)Cc1ccccc1-2. The Bertz CT molecular complexity index is 2210. The molecule has 41 heavy (non-hydrogen) atoms. The van der Waals surface area contributed by atoms with Gasteiger partial charge < -0.3 is 0 Å². The summed E-state index contributed by atoms with van der Waals surface area (Å²) in [6.45, 7) is 0.215. The molecule has 186 valence electrons. The van der Waals surface area contributed by atoms with Crippen LogP contribution >= 0.6 is 0 Å². The van der Waals surface area contributed by atoms with Gasteiger partial charge in [-0.05, 0) is 101 Å². The summed E-state index contributed by atoms with van der Waals surface area (Å²) in [7, 11) is 0. The second-order valence-corrected chi connectivity index (χ2v) is 12.3. The average molecular weight is 514 g/mol. The monoisotopic (exact) mass is 514 g/mol. The average Bonchev–Trinajstić information content (AvgIpc) is 3.59. The molecule has 0 bridgehead atoms. The van der Waals surface area contributed by atoms with Crippen LogP contribution in [0.3, 0.4) is 0 Å². The fourth-order valence-electron chi connectivity index (χ4n) is 8.99. The van der Waals surface area contributed by atoms with E-state index in [1.165, 1.54) is 105 Å². The fraction of sp³-hybridized carbons (Fsp3) is 0.0500. The van der Waals surface area contributed by atoms with Crippen LogP contribution in [0.15, 0.2) is 115 Å². The molecule has 2 aliphatic heterocycles. The van der Waals surface area contributed by atoms with E-state index in [4.69, 9.17) is 0 Å². The highest BCUT2D eigenvalue weighted by molar-refractivity contribution is 7.01. The lowest BCUT2D eigenvalue weighted by molar-refractivity contribution is 1.28. The molecule has 2 heterocycles. The molecule has 0 saturated heterocycles. The Balaban J connectivity index is 1.33. The Morgan fingerprint density at radius 3 is 1.37 bits per heavy atom. The second-order valence-electron chi connectivity index (χ2n) is 12.3. The summed E-state index contributed by atoms with van der Waals surface area (Å²) in [5.74, 6) is 0. The van der Waals surface area contributed by atoms with Crippen LogP contribution in [0.5, 0.6) is 0 Å². The molecule has 7 aromatic rings. The lowest BCUT2D eigenvalue weighted by Crippen LogP contribution is -2.57. The molecule has 0 radical (unpaired) electrons. The minimum atomic E-state index is 0.215. The number of fused-ring (bicyclic) bond motifs is 12. The summed E-state index contributed by atoms with van der Waals surface area (Å²) in [5, 5.41) is 5.79. The minimum Gasteiger partial charge on any atom is -0.0619 e. The first-order valence-corrected chi connectivity index (χ1v) is 14.8. The maximum atomic E-state index is 2.58. The van der Waals surface area contributed by atoms with E-state index in [-0.39, 0.29) is 6.71 Å². The van der Waals surface area contributed by atoms with E-state index in [0.29, 0.717) is 0 Å². The molecule has 0 amide bonds. The van der Waals surface area contributed by atoms with Crippen molar-refractivity contribution in [1.29, 1.82) is 0 Å². The maximum absolute atomic E-state index is 2.58. The predicted molar refractivity (Wildman–Crippen MR) is 173 cm³/mol. The summed E-state index contributed by atoms with van der Waals surface area (Å²) in [6.07, 6.45) is 2.04. The molecular weight excluding hydrogens is 491 g/mol. The topological polar surface area (TPSA) is 0 Å². The van der Waals surface area contributed by atoms with Gasteiger partial charge in [0.05, 0.1) is 0 Å². The first kappa shape index (κ1) is 20.9. The molecule has 0 N–H and O–H groups in total. The zero-order valence-corrected chi connectivity index (χ0v) is 22.5.